The van der Waals surface area contributed by atoms with E-state index in [0.29, 0.717) is 17.5 Å². The number of hydrogen-bond donors (Lipinski definition) is 1. The van der Waals surface area contributed by atoms with Gasteiger partial charge >= 0.3 is 5.97 Å². The summed E-state index contributed by atoms with van der Waals surface area (Å²) >= 11 is 0. The van der Waals surface area contributed by atoms with Gasteiger partial charge in [-0.3, -0.25) is 4.79 Å². The first-order valence-electron chi connectivity index (χ1n) is 6.99. The van der Waals surface area contributed by atoms with E-state index in [9.17, 15) is 9.59 Å². The molecule has 1 aromatic heterocycles. The Morgan fingerprint density at radius 2 is 1.86 bits per heavy atom. The van der Waals surface area contributed by atoms with E-state index in [1.807, 2.05) is 19.9 Å². The Hall–Kier alpha value is -2.57. The summed E-state index contributed by atoms with van der Waals surface area (Å²) in [6, 6.07) is 6.38. The molecule has 1 aromatic carbocycles. The number of hydrogen-bond acceptors (Lipinski definition) is 6. The maximum absolute atomic E-state index is 12.2. The molecule has 2 rings (SSSR count). The van der Waals surface area contributed by atoms with Gasteiger partial charge in [-0.25, -0.2) is 9.78 Å². The average molecular weight is 302 g/mol. The molecular formula is C15H18N4O3. The molecule has 116 valence electrons. The van der Waals surface area contributed by atoms with E-state index in [-0.39, 0.29) is 11.7 Å². The van der Waals surface area contributed by atoms with Gasteiger partial charge in [-0.1, -0.05) is 26.0 Å². The van der Waals surface area contributed by atoms with Crippen LogP contribution in [0.4, 0.5) is 0 Å². The minimum absolute atomic E-state index is 0.0728. The molecule has 0 aliphatic heterocycles. The summed E-state index contributed by atoms with van der Waals surface area (Å²) < 4.78 is 4.71. The van der Waals surface area contributed by atoms with Crippen LogP contribution in [0.15, 0.2) is 24.3 Å². The summed E-state index contributed by atoms with van der Waals surface area (Å²) in [5, 5.41) is 10.3. The molecule has 0 spiro atoms. The predicted molar refractivity (Wildman–Crippen MR) is 80.1 cm³/mol. The molecule has 0 radical (unpaired) electrons. The highest BCUT2D eigenvalue weighted by Crippen LogP contribution is 2.09. The van der Waals surface area contributed by atoms with Gasteiger partial charge in [-0.2, -0.15) is 0 Å². The quantitative estimate of drug-likeness (QED) is 0.838. The van der Waals surface area contributed by atoms with Crippen LogP contribution in [0.1, 0.15) is 30.9 Å². The van der Waals surface area contributed by atoms with Crippen molar-refractivity contribution < 1.29 is 14.3 Å². The molecule has 0 fully saturated rings. The second kappa shape index (κ2) is 6.93. The van der Waals surface area contributed by atoms with Gasteiger partial charge in [0.1, 0.15) is 11.6 Å². The fourth-order valence-corrected chi connectivity index (χ4v) is 2.03. The Labute approximate surface area is 128 Å². The van der Waals surface area contributed by atoms with Gasteiger partial charge in [0, 0.05) is 0 Å². The van der Waals surface area contributed by atoms with Crippen LogP contribution in [0.5, 0.6) is 0 Å². The molecule has 1 unspecified atom stereocenters. The molecule has 0 bridgehead atoms. The van der Waals surface area contributed by atoms with E-state index >= 15 is 0 Å². The maximum Gasteiger partial charge on any atom is 0.328 e. The molecule has 0 aliphatic carbocycles. The largest absolute Gasteiger partial charge is 0.467 e. The van der Waals surface area contributed by atoms with E-state index in [0.717, 1.165) is 0 Å². The highest BCUT2D eigenvalue weighted by Gasteiger charge is 2.24. The Morgan fingerprint density at radius 3 is 2.50 bits per heavy atom. The number of fused-ring (bicyclic) bond motifs is 1. The van der Waals surface area contributed by atoms with Crippen molar-refractivity contribution in [3.05, 3.63) is 30.1 Å². The number of amides is 1. The van der Waals surface area contributed by atoms with Crippen molar-refractivity contribution in [2.45, 2.75) is 26.3 Å². The molecule has 22 heavy (non-hydrogen) atoms. The summed E-state index contributed by atoms with van der Waals surface area (Å²) in [6.07, 6.45) is 0.472. The Kier molecular flexibility index (Phi) is 4.98. The van der Waals surface area contributed by atoms with Crippen LogP contribution in [0, 0.1) is 5.92 Å². The number of benzene rings is 1. The van der Waals surface area contributed by atoms with E-state index in [2.05, 4.69) is 20.5 Å². The Morgan fingerprint density at radius 1 is 1.18 bits per heavy atom. The number of aromatic nitrogens is 3. The number of ether oxygens (including phenoxy) is 1. The second-order valence-corrected chi connectivity index (χ2v) is 5.30. The van der Waals surface area contributed by atoms with Crippen LogP contribution in [-0.2, 0) is 9.53 Å². The third kappa shape index (κ3) is 3.75. The standard InChI is InChI=1S/C15H18N4O3/c1-9(2)8-12(15(21)22-3)17-14(20)13-16-10-6-4-5-7-11(10)18-19-13/h4-7,9,12H,8H2,1-3H3,(H,17,20). The molecule has 7 heteroatoms. The van der Waals surface area contributed by atoms with Crippen LogP contribution >= 0.6 is 0 Å². The fraction of sp³-hybridized carbons (Fsp3) is 0.400. The van der Waals surface area contributed by atoms with E-state index in [1.54, 1.807) is 18.2 Å². The van der Waals surface area contributed by atoms with Crippen LogP contribution in [0.25, 0.3) is 11.0 Å². The minimum Gasteiger partial charge on any atom is -0.467 e. The van der Waals surface area contributed by atoms with Gasteiger partial charge < -0.3 is 10.1 Å². The number of nitrogens with one attached hydrogen (secondary N) is 1. The molecule has 1 atom stereocenters. The van der Waals surface area contributed by atoms with Crippen molar-refractivity contribution in [1.82, 2.24) is 20.5 Å². The molecule has 0 saturated heterocycles. The van der Waals surface area contributed by atoms with Gasteiger partial charge in [0.05, 0.1) is 12.6 Å². The van der Waals surface area contributed by atoms with Gasteiger partial charge in [0.15, 0.2) is 0 Å². The lowest BCUT2D eigenvalue weighted by atomic mass is 10.0. The van der Waals surface area contributed by atoms with Crippen LogP contribution < -0.4 is 5.32 Å². The lowest BCUT2D eigenvalue weighted by Gasteiger charge is -2.17. The van der Waals surface area contributed by atoms with Crippen LogP contribution in [-0.4, -0.2) is 40.2 Å². The first-order chi connectivity index (χ1) is 10.5. The third-order valence-corrected chi connectivity index (χ3v) is 3.06. The molecular weight excluding hydrogens is 284 g/mol. The molecule has 1 amide bonds. The lowest BCUT2D eigenvalue weighted by molar-refractivity contribution is -0.143. The summed E-state index contributed by atoms with van der Waals surface area (Å²) in [4.78, 5) is 28.1. The number of carbonyl (C=O) groups excluding carboxylic acids is 2. The third-order valence-electron chi connectivity index (χ3n) is 3.06. The molecule has 2 aromatic rings. The van der Waals surface area contributed by atoms with Gasteiger partial charge in [-0.05, 0) is 24.5 Å². The van der Waals surface area contributed by atoms with Crippen molar-refractivity contribution in [1.29, 1.82) is 0 Å². The number of carbonyl (C=O) groups is 2. The van der Waals surface area contributed by atoms with Crippen molar-refractivity contribution in [2.24, 2.45) is 5.92 Å². The number of rotatable bonds is 5. The van der Waals surface area contributed by atoms with Crippen molar-refractivity contribution in [3.8, 4) is 0 Å². The number of esters is 1. The number of para-hydroxylation sites is 1. The molecule has 7 nitrogen and oxygen atoms in total. The topological polar surface area (TPSA) is 94.1 Å². The summed E-state index contributed by atoms with van der Waals surface area (Å²) in [5.74, 6) is -0.887. The Balaban J connectivity index is 2.19. The normalized spacial score (nSPS) is 12.2. The fourth-order valence-electron chi connectivity index (χ4n) is 2.03. The van der Waals surface area contributed by atoms with Crippen molar-refractivity contribution in [3.63, 3.8) is 0 Å². The summed E-state index contributed by atoms with van der Waals surface area (Å²) in [5.41, 5.74) is 1.17. The van der Waals surface area contributed by atoms with Crippen molar-refractivity contribution >= 4 is 22.9 Å². The van der Waals surface area contributed by atoms with Gasteiger partial charge in [-0.15, -0.1) is 10.2 Å². The molecule has 0 saturated carbocycles. The lowest BCUT2D eigenvalue weighted by Crippen LogP contribution is -2.43. The SMILES string of the molecule is COC(=O)C(CC(C)C)NC(=O)c1nnc2ccccc2n1. The molecule has 1 heterocycles. The zero-order valence-corrected chi connectivity index (χ0v) is 12.7. The molecule has 0 aliphatic rings. The number of nitrogens with zero attached hydrogens (tertiary/aromatic N) is 3. The Bertz CT molecular complexity index is 687. The predicted octanol–water partition coefficient (Wildman–Crippen LogP) is 1.34. The van der Waals surface area contributed by atoms with Gasteiger partial charge in [0.25, 0.3) is 5.91 Å². The average Bonchev–Trinajstić information content (AvgIpc) is 2.52. The first kappa shape index (κ1) is 15.8. The molecule has 1 N–H and O–H groups in total. The summed E-state index contributed by atoms with van der Waals surface area (Å²) in [6.45, 7) is 3.91. The zero-order valence-electron chi connectivity index (χ0n) is 12.7. The van der Waals surface area contributed by atoms with E-state index in [1.165, 1.54) is 7.11 Å². The van der Waals surface area contributed by atoms with E-state index in [4.69, 9.17) is 4.74 Å². The second-order valence-electron chi connectivity index (χ2n) is 5.30. The highest BCUT2D eigenvalue weighted by atomic mass is 16.5. The monoisotopic (exact) mass is 302 g/mol. The maximum atomic E-state index is 12.2. The summed E-state index contributed by atoms with van der Waals surface area (Å²) in [7, 11) is 1.29. The van der Waals surface area contributed by atoms with Crippen LogP contribution in [0.3, 0.4) is 0 Å². The highest BCUT2D eigenvalue weighted by molar-refractivity contribution is 5.94. The minimum atomic E-state index is -0.729. The first-order valence-corrected chi connectivity index (χ1v) is 6.99. The van der Waals surface area contributed by atoms with Crippen LogP contribution in [0.2, 0.25) is 0 Å². The van der Waals surface area contributed by atoms with Crippen molar-refractivity contribution in [2.75, 3.05) is 7.11 Å². The zero-order chi connectivity index (χ0) is 16.1. The smallest absolute Gasteiger partial charge is 0.328 e. The number of methoxy groups -OCH3 is 1. The van der Waals surface area contributed by atoms with E-state index < -0.39 is 17.9 Å². The van der Waals surface area contributed by atoms with Gasteiger partial charge in [0.2, 0.25) is 5.82 Å².